The van der Waals surface area contributed by atoms with E-state index in [0.717, 1.165) is 0 Å². The molecule has 5 heteroatoms. The lowest BCUT2D eigenvalue weighted by molar-refractivity contribution is -0.109. The number of aldehydes is 1. The van der Waals surface area contributed by atoms with Gasteiger partial charge in [0, 0.05) is 0 Å². The summed E-state index contributed by atoms with van der Waals surface area (Å²) in [4.78, 5) is 18.0. The van der Waals surface area contributed by atoms with E-state index in [-0.39, 0.29) is 18.2 Å². The Morgan fingerprint density at radius 2 is 1.94 bits per heavy atom. The van der Waals surface area contributed by atoms with Crippen LogP contribution in [0.15, 0.2) is 36.7 Å². The molecule has 0 atom stereocenters. The van der Waals surface area contributed by atoms with Gasteiger partial charge in [0.05, 0.1) is 18.0 Å². The zero-order chi connectivity index (χ0) is 12.1. The van der Waals surface area contributed by atoms with Gasteiger partial charge in [-0.2, -0.15) is 0 Å². The van der Waals surface area contributed by atoms with Crippen LogP contribution in [0.25, 0.3) is 11.4 Å². The molecule has 0 aliphatic carbocycles. The molecule has 2 rings (SSSR count). The summed E-state index contributed by atoms with van der Waals surface area (Å²) in [5, 5.41) is 0. The Morgan fingerprint density at radius 1 is 1.24 bits per heavy atom. The molecule has 1 aromatic carbocycles. The van der Waals surface area contributed by atoms with Crippen molar-refractivity contribution < 1.29 is 13.9 Å². The number of carbonyl (C=O) groups is 1. The summed E-state index contributed by atoms with van der Waals surface area (Å²) >= 11 is 0. The standard InChI is InChI=1S/C12H9FN2O2/c13-11-4-2-1-3-10(11)12-14-7-9(8-15-12)17-6-5-16/h1-5,7-8H,6H2. The van der Waals surface area contributed by atoms with Gasteiger partial charge in [-0.25, -0.2) is 14.4 Å². The summed E-state index contributed by atoms with van der Waals surface area (Å²) in [5.74, 6) is 0.271. The summed E-state index contributed by atoms with van der Waals surface area (Å²) < 4.78 is 18.4. The molecule has 17 heavy (non-hydrogen) atoms. The maximum atomic E-state index is 13.4. The number of hydrogen-bond acceptors (Lipinski definition) is 4. The lowest BCUT2D eigenvalue weighted by Crippen LogP contribution is -1.99. The molecule has 0 radical (unpaired) electrons. The second kappa shape index (κ2) is 5.16. The van der Waals surface area contributed by atoms with E-state index in [1.165, 1.54) is 18.5 Å². The summed E-state index contributed by atoms with van der Waals surface area (Å²) in [5.41, 5.74) is 0.328. The van der Waals surface area contributed by atoms with Gasteiger partial charge in [-0.1, -0.05) is 12.1 Å². The number of hydrogen-bond donors (Lipinski definition) is 0. The van der Waals surface area contributed by atoms with Crippen LogP contribution in [0, 0.1) is 5.82 Å². The zero-order valence-corrected chi connectivity index (χ0v) is 8.84. The van der Waals surface area contributed by atoms with Crippen molar-refractivity contribution in [3.8, 4) is 17.1 Å². The summed E-state index contributed by atoms with van der Waals surface area (Å²) in [6.07, 6.45) is 3.43. The van der Waals surface area contributed by atoms with E-state index >= 15 is 0 Å². The van der Waals surface area contributed by atoms with E-state index in [1.54, 1.807) is 18.2 Å². The normalized spacial score (nSPS) is 9.94. The van der Waals surface area contributed by atoms with E-state index in [0.29, 0.717) is 17.6 Å². The van der Waals surface area contributed by atoms with E-state index in [9.17, 15) is 9.18 Å². The molecule has 0 bridgehead atoms. The topological polar surface area (TPSA) is 52.1 Å². The van der Waals surface area contributed by atoms with Crippen molar-refractivity contribution in [2.24, 2.45) is 0 Å². The van der Waals surface area contributed by atoms with Crippen LogP contribution in [-0.2, 0) is 4.79 Å². The number of aromatic nitrogens is 2. The van der Waals surface area contributed by atoms with Crippen LogP contribution in [0.5, 0.6) is 5.75 Å². The molecule has 1 heterocycles. The van der Waals surface area contributed by atoms with Gasteiger partial charge in [-0.15, -0.1) is 0 Å². The van der Waals surface area contributed by atoms with Gasteiger partial charge in [-0.3, -0.25) is 4.79 Å². The molecule has 1 aromatic heterocycles. The van der Waals surface area contributed by atoms with Crippen LogP contribution in [0.3, 0.4) is 0 Å². The van der Waals surface area contributed by atoms with Crippen molar-refractivity contribution in [2.45, 2.75) is 0 Å². The quantitative estimate of drug-likeness (QED) is 0.755. The fraction of sp³-hybridized carbons (Fsp3) is 0.0833. The first kappa shape index (κ1) is 11.2. The highest BCUT2D eigenvalue weighted by Gasteiger charge is 2.06. The molecule has 0 saturated heterocycles. The molecule has 2 aromatic rings. The second-order valence-electron chi connectivity index (χ2n) is 3.20. The van der Waals surface area contributed by atoms with Gasteiger partial charge in [-0.05, 0) is 12.1 Å². The molecule has 0 aliphatic heterocycles. The van der Waals surface area contributed by atoms with E-state index in [2.05, 4.69) is 9.97 Å². The highest BCUT2D eigenvalue weighted by molar-refractivity contribution is 5.55. The van der Waals surface area contributed by atoms with Crippen LogP contribution in [0.4, 0.5) is 4.39 Å². The van der Waals surface area contributed by atoms with E-state index < -0.39 is 0 Å². The first-order valence-electron chi connectivity index (χ1n) is 4.94. The van der Waals surface area contributed by atoms with Gasteiger partial charge < -0.3 is 4.74 Å². The SMILES string of the molecule is O=CCOc1cnc(-c2ccccc2F)nc1. The average molecular weight is 232 g/mol. The van der Waals surface area contributed by atoms with Gasteiger partial charge in [0.15, 0.2) is 17.9 Å². The Kier molecular flexibility index (Phi) is 3.40. The third-order valence-corrected chi connectivity index (χ3v) is 2.06. The number of nitrogens with zero attached hydrogens (tertiary/aromatic N) is 2. The minimum absolute atomic E-state index is 0.0532. The molecule has 4 nitrogen and oxygen atoms in total. The van der Waals surface area contributed by atoms with Crippen molar-refractivity contribution in [2.75, 3.05) is 6.61 Å². The van der Waals surface area contributed by atoms with Crippen molar-refractivity contribution in [1.82, 2.24) is 9.97 Å². The van der Waals surface area contributed by atoms with Gasteiger partial charge in [0.2, 0.25) is 0 Å². The first-order valence-corrected chi connectivity index (χ1v) is 4.94. The molecule has 86 valence electrons. The number of rotatable bonds is 4. The van der Waals surface area contributed by atoms with Crippen LogP contribution < -0.4 is 4.74 Å². The summed E-state index contributed by atoms with van der Waals surface area (Å²) in [7, 11) is 0. The molecule has 0 fully saturated rings. The fourth-order valence-corrected chi connectivity index (χ4v) is 1.30. The Bertz CT molecular complexity index is 514. The summed E-state index contributed by atoms with van der Waals surface area (Å²) in [6, 6.07) is 6.24. The minimum atomic E-state index is -0.381. The Hall–Kier alpha value is -2.30. The highest BCUT2D eigenvalue weighted by Crippen LogP contribution is 2.19. The molecule has 0 N–H and O–H groups in total. The Balaban J connectivity index is 2.23. The lowest BCUT2D eigenvalue weighted by atomic mass is 10.2. The fourth-order valence-electron chi connectivity index (χ4n) is 1.30. The predicted molar refractivity (Wildman–Crippen MR) is 59.0 cm³/mol. The van der Waals surface area contributed by atoms with Crippen LogP contribution in [-0.4, -0.2) is 22.9 Å². The van der Waals surface area contributed by atoms with Crippen molar-refractivity contribution >= 4 is 6.29 Å². The van der Waals surface area contributed by atoms with Crippen LogP contribution >= 0.6 is 0 Å². The molecular formula is C12H9FN2O2. The molecule has 0 aliphatic rings. The zero-order valence-electron chi connectivity index (χ0n) is 8.84. The van der Waals surface area contributed by atoms with E-state index in [1.807, 2.05) is 0 Å². The second-order valence-corrected chi connectivity index (χ2v) is 3.20. The van der Waals surface area contributed by atoms with Gasteiger partial charge >= 0.3 is 0 Å². The lowest BCUT2D eigenvalue weighted by Gasteiger charge is -2.03. The van der Waals surface area contributed by atoms with E-state index in [4.69, 9.17) is 4.74 Å². The van der Waals surface area contributed by atoms with Crippen LogP contribution in [0.2, 0.25) is 0 Å². The smallest absolute Gasteiger partial charge is 0.162 e. The largest absolute Gasteiger partial charge is 0.483 e. The van der Waals surface area contributed by atoms with Gasteiger partial charge in [0.25, 0.3) is 0 Å². The molecule has 0 amide bonds. The first-order chi connectivity index (χ1) is 8.31. The van der Waals surface area contributed by atoms with Crippen molar-refractivity contribution in [3.05, 3.63) is 42.5 Å². The third-order valence-electron chi connectivity index (χ3n) is 2.06. The van der Waals surface area contributed by atoms with Gasteiger partial charge in [0.1, 0.15) is 12.4 Å². The Morgan fingerprint density at radius 3 is 2.59 bits per heavy atom. The number of benzene rings is 1. The van der Waals surface area contributed by atoms with Crippen molar-refractivity contribution in [3.63, 3.8) is 0 Å². The number of carbonyl (C=O) groups excluding carboxylic acids is 1. The van der Waals surface area contributed by atoms with Crippen molar-refractivity contribution in [1.29, 1.82) is 0 Å². The third kappa shape index (κ3) is 2.63. The molecular weight excluding hydrogens is 223 g/mol. The maximum Gasteiger partial charge on any atom is 0.162 e. The summed E-state index contributed by atoms with van der Waals surface area (Å²) in [6.45, 7) is -0.0532. The average Bonchev–Trinajstić information content (AvgIpc) is 2.38. The Labute approximate surface area is 97.1 Å². The van der Waals surface area contributed by atoms with Crippen LogP contribution in [0.1, 0.15) is 0 Å². The predicted octanol–water partition coefficient (Wildman–Crippen LogP) is 1.86. The molecule has 0 spiro atoms. The minimum Gasteiger partial charge on any atom is -0.483 e. The molecule has 0 unspecified atom stereocenters. The highest BCUT2D eigenvalue weighted by atomic mass is 19.1. The number of halogens is 1. The monoisotopic (exact) mass is 232 g/mol. The maximum absolute atomic E-state index is 13.4. The molecule has 0 saturated carbocycles. The number of ether oxygens (including phenoxy) is 1.